The number of hydrogen-bond donors (Lipinski definition) is 1. The van der Waals surface area contributed by atoms with Crippen LogP contribution in [0.3, 0.4) is 0 Å². The molecule has 0 radical (unpaired) electrons. The zero-order chi connectivity index (χ0) is 13.7. The van der Waals surface area contributed by atoms with Crippen molar-refractivity contribution in [1.29, 1.82) is 0 Å². The van der Waals surface area contributed by atoms with Gasteiger partial charge < -0.3 is 10.1 Å². The first-order valence-electron chi connectivity index (χ1n) is 5.75. The quantitative estimate of drug-likeness (QED) is 0.932. The highest BCUT2D eigenvalue weighted by atomic mass is 35.5. The molecule has 0 atom stereocenters. The lowest BCUT2D eigenvalue weighted by Gasteiger charge is -2.10. The van der Waals surface area contributed by atoms with Crippen LogP contribution in [0, 0.1) is 0 Å². The largest absolute Gasteiger partial charge is 0.485 e. The lowest BCUT2D eigenvalue weighted by molar-refractivity contribution is -0.114. The molecule has 1 N–H and O–H groups in total. The molecule has 0 aliphatic heterocycles. The molecule has 1 heterocycles. The van der Waals surface area contributed by atoms with Crippen molar-refractivity contribution in [1.82, 2.24) is 4.98 Å². The molecule has 4 nitrogen and oxygen atoms in total. The maximum absolute atomic E-state index is 11.1. The standard InChI is InChI=1S/C14H13ClN2O2/c1-10(18)17-14-13(6-3-7-16-14)19-9-11-4-2-5-12(15)8-11/h2-8H,9H2,1H3,(H,16,17,18). The molecule has 0 saturated carbocycles. The summed E-state index contributed by atoms with van der Waals surface area (Å²) in [7, 11) is 0. The van der Waals surface area contributed by atoms with Gasteiger partial charge in [-0.2, -0.15) is 0 Å². The van der Waals surface area contributed by atoms with Gasteiger partial charge in [0.1, 0.15) is 6.61 Å². The Balaban J connectivity index is 2.09. The highest BCUT2D eigenvalue weighted by molar-refractivity contribution is 6.30. The molecule has 98 valence electrons. The number of hydrogen-bond acceptors (Lipinski definition) is 3. The molecule has 1 amide bonds. The Morgan fingerprint density at radius 1 is 1.37 bits per heavy atom. The first-order valence-corrected chi connectivity index (χ1v) is 6.13. The average Bonchev–Trinajstić information content (AvgIpc) is 2.37. The van der Waals surface area contributed by atoms with Gasteiger partial charge in [0, 0.05) is 18.1 Å². The van der Waals surface area contributed by atoms with Crippen molar-refractivity contribution < 1.29 is 9.53 Å². The third kappa shape index (κ3) is 3.96. The number of pyridine rings is 1. The summed E-state index contributed by atoms with van der Waals surface area (Å²) in [5, 5.41) is 3.28. The van der Waals surface area contributed by atoms with E-state index in [1.807, 2.05) is 18.2 Å². The van der Waals surface area contributed by atoms with Crippen LogP contribution in [-0.2, 0) is 11.4 Å². The SMILES string of the molecule is CC(=O)Nc1ncccc1OCc1cccc(Cl)c1. The minimum Gasteiger partial charge on any atom is -0.485 e. The average molecular weight is 277 g/mol. The summed E-state index contributed by atoms with van der Waals surface area (Å²) in [6.45, 7) is 1.79. The third-order valence-corrected chi connectivity index (χ3v) is 2.58. The molecule has 0 unspecified atom stereocenters. The smallest absolute Gasteiger partial charge is 0.222 e. The van der Waals surface area contributed by atoms with Crippen LogP contribution in [0.1, 0.15) is 12.5 Å². The molecule has 0 bridgehead atoms. The van der Waals surface area contributed by atoms with Crippen LogP contribution in [0.25, 0.3) is 0 Å². The molecule has 0 saturated heterocycles. The Labute approximate surface area is 116 Å². The number of benzene rings is 1. The van der Waals surface area contributed by atoms with Crippen LogP contribution >= 0.6 is 11.6 Å². The Morgan fingerprint density at radius 2 is 2.21 bits per heavy atom. The fraction of sp³-hybridized carbons (Fsp3) is 0.143. The van der Waals surface area contributed by atoms with Crippen molar-refractivity contribution in [2.75, 3.05) is 5.32 Å². The van der Waals surface area contributed by atoms with Crippen molar-refractivity contribution in [2.24, 2.45) is 0 Å². The monoisotopic (exact) mass is 276 g/mol. The van der Waals surface area contributed by atoms with Crippen LogP contribution in [0.2, 0.25) is 5.02 Å². The van der Waals surface area contributed by atoms with Gasteiger partial charge in [0.2, 0.25) is 5.91 Å². The number of anilines is 1. The second-order valence-electron chi connectivity index (χ2n) is 3.95. The molecule has 0 fully saturated rings. The van der Waals surface area contributed by atoms with Crippen LogP contribution in [0.15, 0.2) is 42.6 Å². The predicted molar refractivity (Wildman–Crippen MR) is 74.3 cm³/mol. The van der Waals surface area contributed by atoms with E-state index >= 15 is 0 Å². The molecule has 1 aromatic carbocycles. The molecule has 19 heavy (non-hydrogen) atoms. The number of carbonyl (C=O) groups is 1. The molecule has 0 spiro atoms. The molecule has 5 heteroatoms. The lowest BCUT2D eigenvalue weighted by Crippen LogP contribution is -2.09. The fourth-order valence-corrected chi connectivity index (χ4v) is 1.77. The zero-order valence-corrected chi connectivity index (χ0v) is 11.1. The van der Waals surface area contributed by atoms with E-state index in [0.29, 0.717) is 23.2 Å². The number of halogens is 1. The summed E-state index contributed by atoms with van der Waals surface area (Å²) in [5.74, 6) is 0.751. The first-order chi connectivity index (χ1) is 9.15. The Kier molecular flexibility index (Phi) is 4.36. The Bertz CT molecular complexity index is 587. The molecule has 1 aromatic heterocycles. The number of amides is 1. The van der Waals surface area contributed by atoms with E-state index in [9.17, 15) is 4.79 Å². The Morgan fingerprint density at radius 3 is 2.95 bits per heavy atom. The van der Waals surface area contributed by atoms with Crippen molar-refractivity contribution >= 4 is 23.3 Å². The van der Waals surface area contributed by atoms with E-state index in [1.165, 1.54) is 6.92 Å². The van der Waals surface area contributed by atoms with E-state index in [2.05, 4.69) is 10.3 Å². The van der Waals surface area contributed by atoms with Crippen molar-refractivity contribution in [2.45, 2.75) is 13.5 Å². The van der Waals surface area contributed by atoms with E-state index < -0.39 is 0 Å². The van der Waals surface area contributed by atoms with Gasteiger partial charge in [0.15, 0.2) is 11.6 Å². The summed E-state index contributed by atoms with van der Waals surface area (Å²) in [5.41, 5.74) is 0.949. The molecular weight excluding hydrogens is 264 g/mol. The lowest BCUT2D eigenvalue weighted by atomic mass is 10.2. The van der Waals surface area contributed by atoms with E-state index in [4.69, 9.17) is 16.3 Å². The van der Waals surface area contributed by atoms with E-state index in [0.717, 1.165) is 5.56 Å². The van der Waals surface area contributed by atoms with Crippen LogP contribution in [-0.4, -0.2) is 10.9 Å². The molecular formula is C14H13ClN2O2. The predicted octanol–water partition coefficient (Wildman–Crippen LogP) is 3.27. The van der Waals surface area contributed by atoms with Gasteiger partial charge in [-0.05, 0) is 29.8 Å². The normalized spacial score (nSPS) is 10.0. The van der Waals surface area contributed by atoms with Gasteiger partial charge in [-0.25, -0.2) is 4.98 Å². The summed E-state index contributed by atoms with van der Waals surface area (Å²) in [6, 6.07) is 10.9. The van der Waals surface area contributed by atoms with Gasteiger partial charge in [-0.15, -0.1) is 0 Å². The highest BCUT2D eigenvalue weighted by Gasteiger charge is 2.06. The van der Waals surface area contributed by atoms with Crippen LogP contribution < -0.4 is 10.1 Å². The molecule has 0 aliphatic carbocycles. The molecule has 0 aliphatic rings. The molecule has 2 aromatic rings. The van der Waals surface area contributed by atoms with Crippen molar-refractivity contribution in [3.8, 4) is 5.75 Å². The second-order valence-corrected chi connectivity index (χ2v) is 4.39. The van der Waals surface area contributed by atoms with Gasteiger partial charge in [0.25, 0.3) is 0 Å². The maximum atomic E-state index is 11.1. The zero-order valence-electron chi connectivity index (χ0n) is 10.4. The number of aromatic nitrogens is 1. The number of carbonyl (C=O) groups excluding carboxylic acids is 1. The van der Waals surface area contributed by atoms with Crippen molar-refractivity contribution in [3.63, 3.8) is 0 Å². The minimum atomic E-state index is -0.189. The first kappa shape index (κ1) is 13.4. The minimum absolute atomic E-state index is 0.189. The van der Waals surface area contributed by atoms with Crippen LogP contribution in [0.4, 0.5) is 5.82 Å². The summed E-state index contributed by atoms with van der Waals surface area (Å²) >= 11 is 5.90. The van der Waals surface area contributed by atoms with E-state index in [-0.39, 0.29) is 5.91 Å². The molecule has 2 rings (SSSR count). The number of ether oxygens (including phenoxy) is 1. The summed E-state index contributed by atoms with van der Waals surface area (Å²) in [4.78, 5) is 15.1. The summed E-state index contributed by atoms with van der Waals surface area (Å²) < 4.78 is 5.64. The van der Waals surface area contributed by atoms with E-state index in [1.54, 1.807) is 24.4 Å². The maximum Gasteiger partial charge on any atom is 0.222 e. The second kappa shape index (κ2) is 6.20. The number of nitrogens with zero attached hydrogens (tertiary/aromatic N) is 1. The highest BCUT2D eigenvalue weighted by Crippen LogP contribution is 2.22. The number of nitrogens with one attached hydrogen (secondary N) is 1. The van der Waals surface area contributed by atoms with Gasteiger partial charge in [0.05, 0.1) is 0 Å². The number of rotatable bonds is 4. The van der Waals surface area contributed by atoms with Gasteiger partial charge in [-0.3, -0.25) is 4.79 Å². The topological polar surface area (TPSA) is 51.2 Å². The van der Waals surface area contributed by atoms with Gasteiger partial charge in [-0.1, -0.05) is 23.7 Å². The van der Waals surface area contributed by atoms with Crippen LogP contribution in [0.5, 0.6) is 5.75 Å². The van der Waals surface area contributed by atoms with Gasteiger partial charge >= 0.3 is 0 Å². The third-order valence-electron chi connectivity index (χ3n) is 2.35. The van der Waals surface area contributed by atoms with Crippen molar-refractivity contribution in [3.05, 3.63) is 53.2 Å². The summed E-state index contributed by atoms with van der Waals surface area (Å²) in [6.07, 6.45) is 1.59. The Hall–Kier alpha value is -2.07. The fourth-order valence-electron chi connectivity index (χ4n) is 1.56.